The Morgan fingerprint density at radius 2 is 2.22 bits per heavy atom. The molecule has 1 aliphatic heterocycles. The Morgan fingerprint density at radius 1 is 1.48 bits per heavy atom. The minimum Gasteiger partial charge on any atom is -0.481 e. The number of amides is 1. The van der Waals surface area contributed by atoms with Gasteiger partial charge in [0.05, 0.1) is 12.0 Å². The fourth-order valence-corrected chi connectivity index (χ4v) is 3.63. The number of nitrogens with zero attached hydrogens (tertiary/aromatic N) is 1. The number of thioether (sulfide) groups is 1. The Hall–Kier alpha value is -1.38. The molecule has 0 aliphatic carbocycles. The second-order valence-corrected chi connectivity index (χ2v) is 7.06. The fraction of sp³-hybridized carbons (Fsp3) is 0.267. The van der Waals surface area contributed by atoms with Crippen molar-refractivity contribution < 1.29 is 19.1 Å². The van der Waals surface area contributed by atoms with E-state index in [2.05, 4.69) is 20.7 Å². The summed E-state index contributed by atoms with van der Waals surface area (Å²) in [6.45, 7) is 2.21. The number of benzene rings is 1. The predicted molar refractivity (Wildman–Crippen MR) is 97.2 cm³/mol. The molecule has 1 fully saturated rings. The van der Waals surface area contributed by atoms with Gasteiger partial charge >= 0.3 is 5.97 Å². The zero-order valence-corrected chi connectivity index (χ0v) is 15.7. The predicted octanol–water partition coefficient (Wildman–Crippen LogP) is 3.22. The molecule has 0 radical (unpaired) electrons. The maximum absolute atomic E-state index is 12.3. The Kier molecular flexibility index (Phi) is 6.20. The van der Waals surface area contributed by atoms with Crippen LogP contribution in [0.15, 0.2) is 27.6 Å². The minimum atomic E-state index is -0.476. The van der Waals surface area contributed by atoms with Gasteiger partial charge in [-0.05, 0) is 31.2 Å². The van der Waals surface area contributed by atoms with Crippen molar-refractivity contribution in [3.63, 3.8) is 0 Å². The fourth-order valence-electron chi connectivity index (χ4n) is 1.87. The van der Waals surface area contributed by atoms with Crippen molar-refractivity contribution in [1.82, 2.24) is 4.90 Å². The van der Waals surface area contributed by atoms with Crippen molar-refractivity contribution >= 4 is 62.2 Å². The molecular formula is C15H14BrNO4S2. The lowest BCUT2D eigenvalue weighted by Gasteiger charge is -2.10. The van der Waals surface area contributed by atoms with Gasteiger partial charge in [0.15, 0.2) is 6.61 Å². The van der Waals surface area contributed by atoms with Gasteiger partial charge in [-0.15, -0.1) is 0 Å². The van der Waals surface area contributed by atoms with Gasteiger partial charge in [-0.1, -0.05) is 39.9 Å². The summed E-state index contributed by atoms with van der Waals surface area (Å²) in [6.07, 6.45) is 1.71. The lowest BCUT2D eigenvalue weighted by atomic mass is 10.2. The molecule has 1 heterocycles. The summed E-state index contributed by atoms with van der Waals surface area (Å²) >= 11 is 9.83. The number of thiocarbonyl (C=S) groups is 1. The van der Waals surface area contributed by atoms with E-state index in [9.17, 15) is 9.59 Å². The number of ether oxygens (including phenoxy) is 2. The maximum Gasteiger partial charge on any atom is 0.343 e. The van der Waals surface area contributed by atoms with Crippen LogP contribution in [-0.4, -0.2) is 41.4 Å². The third-order valence-electron chi connectivity index (χ3n) is 3.02. The standard InChI is InChI=1S/C15H14BrNO4S2/c1-3-17-14(19)12(23-15(17)22)7-9-6-10(16)4-5-11(9)21-8-13(18)20-2/h4-7H,3,8H2,1-2H3/b12-7-. The van der Waals surface area contributed by atoms with Crippen molar-refractivity contribution in [3.05, 3.63) is 33.1 Å². The zero-order valence-electron chi connectivity index (χ0n) is 12.5. The van der Waals surface area contributed by atoms with E-state index in [1.165, 1.54) is 18.9 Å². The van der Waals surface area contributed by atoms with Gasteiger partial charge < -0.3 is 9.47 Å². The summed E-state index contributed by atoms with van der Waals surface area (Å²) in [5, 5.41) is 0. The second-order valence-electron chi connectivity index (χ2n) is 4.47. The number of rotatable bonds is 5. The number of likely N-dealkylation sites (N-methyl/N-ethyl adjacent to an activating group) is 1. The molecule has 2 rings (SSSR count). The van der Waals surface area contributed by atoms with Crippen LogP contribution in [0.4, 0.5) is 0 Å². The smallest absolute Gasteiger partial charge is 0.343 e. The van der Waals surface area contributed by atoms with Crippen molar-refractivity contribution in [3.8, 4) is 5.75 Å². The van der Waals surface area contributed by atoms with Gasteiger partial charge in [0.25, 0.3) is 5.91 Å². The van der Waals surface area contributed by atoms with Crippen LogP contribution in [0.3, 0.4) is 0 Å². The molecule has 1 aliphatic rings. The molecule has 0 atom stereocenters. The molecule has 1 aromatic rings. The van der Waals surface area contributed by atoms with Gasteiger partial charge in [-0.3, -0.25) is 9.69 Å². The first-order chi connectivity index (χ1) is 11.0. The summed E-state index contributed by atoms with van der Waals surface area (Å²) in [6, 6.07) is 5.33. The molecule has 1 saturated heterocycles. The molecule has 0 saturated carbocycles. The van der Waals surface area contributed by atoms with Crippen LogP contribution in [0.25, 0.3) is 6.08 Å². The first-order valence-corrected chi connectivity index (χ1v) is 8.72. The topological polar surface area (TPSA) is 55.8 Å². The molecule has 122 valence electrons. The molecule has 5 nitrogen and oxygen atoms in total. The maximum atomic E-state index is 12.3. The van der Waals surface area contributed by atoms with Gasteiger partial charge in [-0.25, -0.2) is 4.79 Å². The second kappa shape index (κ2) is 7.94. The van der Waals surface area contributed by atoms with E-state index in [1.807, 2.05) is 13.0 Å². The lowest BCUT2D eigenvalue weighted by molar-refractivity contribution is -0.142. The molecular weight excluding hydrogens is 402 g/mol. The van der Waals surface area contributed by atoms with E-state index in [0.29, 0.717) is 27.1 Å². The van der Waals surface area contributed by atoms with E-state index in [-0.39, 0.29) is 12.5 Å². The number of hydrogen-bond donors (Lipinski definition) is 0. The van der Waals surface area contributed by atoms with Crippen LogP contribution < -0.4 is 4.74 Å². The molecule has 0 bridgehead atoms. The molecule has 1 amide bonds. The Morgan fingerprint density at radius 3 is 2.83 bits per heavy atom. The largest absolute Gasteiger partial charge is 0.481 e. The lowest BCUT2D eigenvalue weighted by Crippen LogP contribution is -2.27. The number of carbonyl (C=O) groups is 2. The van der Waals surface area contributed by atoms with Crippen molar-refractivity contribution in [2.45, 2.75) is 6.92 Å². The van der Waals surface area contributed by atoms with Crippen LogP contribution in [0.1, 0.15) is 12.5 Å². The summed E-state index contributed by atoms with van der Waals surface area (Å²) in [4.78, 5) is 25.6. The van der Waals surface area contributed by atoms with Crippen molar-refractivity contribution in [2.75, 3.05) is 20.3 Å². The van der Waals surface area contributed by atoms with Crippen molar-refractivity contribution in [2.24, 2.45) is 0 Å². The quantitative estimate of drug-likeness (QED) is 0.418. The van der Waals surface area contributed by atoms with E-state index in [4.69, 9.17) is 17.0 Å². The normalized spacial score (nSPS) is 16.1. The third kappa shape index (κ3) is 4.33. The summed E-state index contributed by atoms with van der Waals surface area (Å²) < 4.78 is 11.4. The van der Waals surface area contributed by atoms with Gasteiger partial charge in [0.1, 0.15) is 10.1 Å². The number of esters is 1. The first-order valence-electron chi connectivity index (χ1n) is 6.70. The molecule has 1 aromatic carbocycles. The first kappa shape index (κ1) is 18.0. The molecule has 0 spiro atoms. The summed E-state index contributed by atoms with van der Waals surface area (Å²) in [5.74, 6) is -0.113. The minimum absolute atomic E-state index is 0.124. The average Bonchev–Trinajstić information content (AvgIpc) is 2.79. The van der Waals surface area contributed by atoms with E-state index >= 15 is 0 Å². The van der Waals surface area contributed by atoms with E-state index < -0.39 is 5.97 Å². The number of hydrogen-bond acceptors (Lipinski definition) is 6. The highest BCUT2D eigenvalue weighted by molar-refractivity contribution is 9.10. The van der Waals surface area contributed by atoms with Crippen LogP contribution in [0.5, 0.6) is 5.75 Å². The number of methoxy groups -OCH3 is 1. The van der Waals surface area contributed by atoms with E-state index in [1.54, 1.807) is 23.1 Å². The summed E-state index contributed by atoms with van der Waals surface area (Å²) in [7, 11) is 1.30. The number of carbonyl (C=O) groups excluding carboxylic acids is 2. The van der Waals surface area contributed by atoms with E-state index in [0.717, 1.165) is 4.47 Å². The Bertz CT molecular complexity index is 690. The van der Waals surface area contributed by atoms with Crippen LogP contribution in [-0.2, 0) is 14.3 Å². The summed E-state index contributed by atoms with van der Waals surface area (Å²) in [5.41, 5.74) is 0.680. The highest BCUT2D eigenvalue weighted by Crippen LogP contribution is 2.34. The molecule has 0 unspecified atom stereocenters. The highest BCUT2D eigenvalue weighted by atomic mass is 79.9. The third-order valence-corrected chi connectivity index (χ3v) is 4.89. The van der Waals surface area contributed by atoms with Gasteiger partial charge in [-0.2, -0.15) is 0 Å². The van der Waals surface area contributed by atoms with Crippen molar-refractivity contribution in [1.29, 1.82) is 0 Å². The Balaban J connectivity index is 2.30. The Labute approximate surface area is 152 Å². The van der Waals surface area contributed by atoms with Gasteiger partial charge in [0.2, 0.25) is 0 Å². The monoisotopic (exact) mass is 415 g/mol. The number of halogens is 1. The molecule has 23 heavy (non-hydrogen) atoms. The zero-order chi connectivity index (χ0) is 17.0. The highest BCUT2D eigenvalue weighted by Gasteiger charge is 2.30. The SMILES string of the molecule is CCN1C(=O)/C(=C/c2cc(Br)ccc2OCC(=O)OC)SC1=S. The van der Waals surface area contributed by atoms with Crippen LogP contribution in [0, 0.1) is 0 Å². The molecule has 8 heteroatoms. The van der Waals surface area contributed by atoms with Crippen LogP contribution in [0.2, 0.25) is 0 Å². The van der Waals surface area contributed by atoms with Gasteiger partial charge in [0, 0.05) is 16.6 Å². The molecule has 0 aromatic heterocycles. The average molecular weight is 416 g/mol. The molecule has 0 N–H and O–H groups in total. The van der Waals surface area contributed by atoms with Crippen LogP contribution >= 0.6 is 39.9 Å².